The molecule has 0 amide bonds. The first kappa shape index (κ1) is 11.1. The summed E-state index contributed by atoms with van der Waals surface area (Å²) in [6.07, 6.45) is -0.803. The first-order valence-electron chi connectivity index (χ1n) is 3.59. The summed E-state index contributed by atoms with van der Waals surface area (Å²) >= 11 is 17.3. The molecule has 72 valence electrons. The Morgan fingerprint density at radius 1 is 1.15 bits per heavy atom. The second-order valence-corrected chi connectivity index (χ2v) is 3.76. The molecular weight excluding hydrogens is 232 g/mol. The molecule has 0 aliphatic carbocycles. The van der Waals surface area contributed by atoms with Gasteiger partial charge < -0.3 is 10.8 Å². The molecule has 1 aromatic rings. The van der Waals surface area contributed by atoms with Crippen molar-refractivity contribution in [3.8, 4) is 0 Å². The zero-order valence-electron chi connectivity index (χ0n) is 6.60. The first-order chi connectivity index (χ1) is 6.06. The number of hydrogen-bond donors (Lipinski definition) is 2. The third kappa shape index (κ3) is 2.48. The summed E-state index contributed by atoms with van der Waals surface area (Å²) < 4.78 is 0. The van der Waals surface area contributed by atoms with E-state index in [9.17, 15) is 5.11 Å². The van der Waals surface area contributed by atoms with Gasteiger partial charge in [-0.25, -0.2) is 0 Å². The van der Waals surface area contributed by atoms with Gasteiger partial charge in [-0.3, -0.25) is 0 Å². The molecule has 0 saturated heterocycles. The summed E-state index contributed by atoms with van der Waals surface area (Å²) in [4.78, 5) is 0. The number of benzene rings is 1. The van der Waals surface area contributed by atoms with E-state index in [1.165, 1.54) is 12.1 Å². The maximum absolute atomic E-state index is 9.41. The highest BCUT2D eigenvalue weighted by molar-refractivity contribution is 6.43. The average molecular weight is 241 g/mol. The zero-order chi connectivity index (χ0) is 10.0. The lowest BCUT2D eigenvalue weighted by atomic mass is 10.1. The Morgan fingerprint density at radius 2 is 1.69 bits per heavy atom. The molecule has 0 unspecified atom stereocenters. The van der Waals surface area contributed by atoms with Crippen LogP contribution in [0, 0.1) is 0 Å². The van der Waals surface area contributed by atoms with Crippen LogP contribution in [0.1, 0.15) is 11.7 Å². The highest BCUT2D eigenvalue weighted by Gasteiger charge is 2.12. The molecule has 1 atom stereocenters. The van der Waals surface area contributed by atoms with Gasteiger partial charge in [0.2, 0.25) is 0 Å². The first-order valence-corrected chi connectivity index (χ1v) is 4.72. The summed E-state index contributed by atoms with van der Waals surface area (Å²) in [5.74, 6) is 0. The lowest BCUT2D eigenvalue weighted by molar-refractivity contribution is 0.187. The molecule has 0 spiro atoms. The van der Waals surface area contributed by atoms with Gasteiger partial charge >= 0.3 is 0 Å². The molecule has 1 rings (SSSR count). The Balaban J connectivity index is 3.15. The SMILES string of the molecule is NC[C@H](O)c1cc(Cl)c(Cl)cc1Cl. The van der Waals surface area contributed by atoms with Gasteiger partial charge in [-0.05, 0) is 12.1 Å². The summed E-state index contributed by atoms with van der Waals surface area (Å²) in [6.45, 7) is 0.0949. The lowest BCUT2D eigenvalue weighted by Crippen LogP contribution is -2.11. The van der Waals surface area contributed by atoms with Gasteiger partial charge in [-0.1, -0.05) is 34.8 Å². The van der Waals surface area contributed by atoms with Gasteiger partial charge in [0.1, 0.15) is 0 Å². The van der Waals surface area contributed by atoms with E-state index in [0.29, 0.717) is 20.6 Å². The van der Waals surface area contributed by atoms with E-state index >= 15 is 0 Å². The van der Waals surface area contributed by atoms with Crippen LogP contribution in [0.3, 0.4) is 0 Å². The van der Waals surface area contributed by atoms with Crippen molar-refractivity contribution in [3.63, 3.8) is 0 Å². The Hall–Kier alpha value is 0.01000. The highest BCUT2D eigenvalue weighted by atomic mass is 35.5. The highest BCUT2D eigenvalue weighted by Crippen LogP contribution is 2.31. The molecule has 5 heteroatoms. The van der Waals surface area contributed by atoms with Crippen molar-refractivity contribution in [2.24, 2.45) is 5.73 Å². The van der Waals surface area contributed by atoms with Crippen molar-refractivity contribution >= 4 is 34.8 Å². The van der Waals surface area contributed by atoms with Crippen LogP contribution in [0.2, 0.25) is 15.1 Å². The van der Waals surface area contributed by atoms with E-state index in [1.807, 2.05) is 0 Å². The topological polar surface area (TPSA) is 46.2 Å². The van der Waals surface area contributed by atoms with Crippen molar-refractivity contribution < 1.29 is 5.11 Å². The molecular formula is C8H8Cl3NO. The molecule has 0 heterocycles. The molecule has 0 radical (unpaired) electrons. The van der Waals surface area contributed by atoms with E-state index in [-0.39, 0.29) is 6.54 Å². The molecule has 0 fully saturated rings. The van der Waals surface area contributed by atoms with Crippen LogP contribution >= 0.6 is 34.8 Å². The van der Waals surface area contributed by atoms with E-state index in [1.54, 1.807) is 0 Å². The number of halogens is 3. The molecule has 0 bridgehead atoms. The van der Waals surface area contributed by atoms with Crippen LogP contribution in [0.15, 0.2) is 12.1 Å². The third-order valence-electron chi connectivity index (χ3n) is 1.62. The van der Waals surface area contributed by atoms with Crippen LogP contribution in [-0.2, 0) is 0 Å². The summed E-state index contributed by atoms with van der Waals surface area (Å²) in [7, 11) is 0. The Morgan fingerprint density at radius 3 is 2.23 bits per heavy atom. The number of hydrogen-bond acceptors (Lipinski definition) is 2. The Labute approximate surface area is 91.2 Å². The van der Waals surface area contributed by atoms with Gasteiger partial charge in [-0.2, -0.15) is 0 Å². The van der Waals surface area contributed by atoms with Crippen molar-refractivity contribution in [3.05, 3.63) is 32.8 Å². The fourth-order valence-corrected chi connectivity index (χ4v) is 1.60. The molecule has 0 aliphatic heterocycles. The zero-order valence-corrected chi connectivity index (χ0v) is 8.87. The predicted molar refractivity (Wildman–Crippen MR) is 55.5 cm³/mol. The van der Waals surface area contributed by atoms with Crippen molar-refractivity contribution in [2.75, 3.05) is 6.54 Å². The largest absolute Gasteiger partial charge is 0.387 e. The number of aliphatic hydroxyl groups is 1. The number of aliphatic hydroxyl groups excluding tert-OH is 1. The van der Waals surface area contributed by atoms with Gasteiger partial charge in [0.05, 0.1) is 16.1 Å². The Kier molecular flexibility index (Phi) is 3.83. The van der Waals surface area contributed by atoms with Crippen LogP contribution in [-0.4, -0.2) is 11.7 Å². The van der Waals surface area contributed by atoms with Gasteiger partial charge in [-0.15, -0.1) is 0 Å². The van der Waals surface area contributed by atoms with Gasteiger partial charge in [0.25, 0.3) is 0 Å². The summed E-state index contributed by atoms with van der Waals surface area (Å²) in [5.41, 5.74) is 5.78. The predicted octanol–water partition coefficient (Wildman–Crippen LogP) is 2.64. The minimum absolute atomic E-state index is 0.0949. The lowest BCUT2D eigenvalue weighted by Gasteiger charge is -2.11. The minimum atomic E-state index is -0.803. The molecule has 0 aliphatic rings. The molecule has 0 saturated carbocycles. The molecule has 2 nitrogen and oxygen atoms in total. The number of rotatable bonds is 2. The Bertz CT molecular complexity index is 317. The van der Waals surface area contributed by atoms with Gasteiger partial charge in [0, 0.05) is 17.1 Å². The molecule has 0 aromatic heterocycles. The van der Waals surface area contributed by atoms with Crippen LogP contribution in [0.4, 0.5) is 0 Å². The van der Waals surface area contributed by atoms with Crippen molar-refractivity contribution in [1.29, 1.82) is 0 Å². The molecule has 1 aromatic carbocycles. The average Bonchev–Trinajstić information content (AvgIpc) is 2.10. The standard InChI is InChI=1S/C8H8Cl3NO/c9-5-2-7(11)6(10)1-4(5)8(13)3-12/h1-2,8,13H,3,12H2/t8-/m0/s1. The maximum Gasteiger partial charge on any atom is 0.0927 e. The fourth-order valence-electron chi connectivity index (χ4n) is 0.920. The van der Waals surface area contributed by atoms with E-state index in [4.69, 9.17) is 40.5 Å². The quantitative estimate of drug-likeness (QED) is 0.781. The second kappa shape index (κ2) is 4.49. The monoisotopic (exact) mass is 239 g/mol. The summed E-state index contributed by atoms with van der Waals surface area (Å²) in [6, 6.07) is 3.00. The van der Waals surface area contributed by atoms with Crippen LogP contribution < -0.4 is 5.73 Å². The summed E-state index contributed by atoms with van der Waals surface area (Å²) in [5, 5.41) is 10.5. The van der Waals surface area contributed by atoms with Crippen molar-refractivity contribution in [2.45, 2.75) is 6.10 Å². The smallest absolute Gasteiger partial charge is 0.0927 e. The van der Waals surface area contributed by atoms with E-state index in [0.717, 1.165) is 0 Å². The van der Waals surface area contributed by atoms with E-state index in [2.05, 4.69) is 0 Å². The normalized spacial score (nSPS) is 13.0. The van der Waals surface area contributed by atoms with E-state index < -0.39 is 6.10 Å². The number of nitrogens with two attached hydrogens (primary N) is 1. The minimum Gasteiger partial charge on any atom is -0.387 e. The van der Waals surface area contributed by atoms with Crippen molar-refractivity contribution in [1.82, 2.24) is 0 Å². The maximum atomic E-state index is 9.41. The molecule has 13 heavy (non-hydrogen) atoms. The fraction of sp³-hybridized carbons (Fsp3) is 0.250. The van der Waals surface area contributed by atoms with Crippen LogP contribution in [0.25, 0.3) is 0 Å². The molecule has 3 N–H and O–H groups in total. The van der Waals surface area contributed by atoms with Crippen LogP contribution in [0.5, 0.6) is 0 Å². The second-order valence-electron chi connectivity index (χ2n) is 2.54. The third-order valence-corrected chi connectivity index (χ3v) is 2.67. The van der Waals surface area contributed by atoms with Gasteiger partial charge in [0.15, 0.2) is 0 Å².